The third-order valence-corrected chi connectivity index (χ3v) is 3.41. The normalized spacial score (nSPS) is 16.2. The first-order valence-corrected chi connectivity index (χ1v) is 6.48. The Labute approximate surface area is 117 Å². The molecule has 0 aromatic heterocycles. The third-order valence-electron chi connectivity index (χ3n) is 3.41. The number of carbonyl (C=O) groups excluding carboxylic acids is 1. The Balaban J connectivity index is 1.95. The summed E-state index contributed by atoms with van der Waals surface area (Å²) in [6.07, 6.45) is -0.0938. The van der Waals surface area contributed by atoms with Crippen molar-refractivity contribution in [3.63, 3.8) is 0 Å². The molecule has 3 N–H and O–H groups in total. The molecular formula is C14H18N2O4. The molecule has 1 aliphatic rings. The van der Waals surface area contributed by atoms with Gasteiger partial charge in [-0.3, -0.25) is 4.79 Å². The van der Waals surface area contributed by atoms with E-state index >= 15 is 0 Å². The van der Waals surface area contributed by atoms with E-state index in [1.807, 2.05) is 26.0 Å². The molecule has 0 aliphatic carbocycles. The first-order valence-electron chi connectivity index (χ1n) is 6.48. The Morgan fingerprint density at radius 2 is 2.15 bits per heavy atom. The van der Waals surface area contributed by atoms with Crippen molar-refractivity contribution in [3.05, 3.63) is 28.8 Å². The Hall–Kier alpha value is -2.24. The Bertz CT molecular complexity index is 542. The first-order chi connectivity index (χ1) is 9.49. The standard InChI is InChI=1S/C14H18N2O4/c1-8-3-4-10-11(7-20-13(10)9(8)2)16-14(19)15-6-5-12(17)18/h3-4,11H,5-7H2,1-2H3,(H,17,18)(H2,15,16,19). The molecule has 20 heavy (non-hydrogen) atoms. The molecule has 0 saturated heterocycles. The number of hydrogen-bond donors (Lipinski definition) is 3. The fourth-order valence-corrected chi connectivity index (χ4v) is 2.15. The van der Waals surface area contributed by atoms with Gasteiger partial charge in [0.2, 0.25) is 0 Å². The molecule has 0 radical (unpaired) electrons. The number of ether oxygens (including phenoxy) is 1. The van der Waals surface area contributed by atoms with Crippen LogP contribution in [0.5, 0.6) is 5.75 Å². The van der Waals surface area contributed by atoms with Gasteiger partial charge in [-0.05, 0) is 25.0 Å². The van der Waals surface area contributed by atoms with Crippen molar-refractivity contribution in [2.75, 3.05) is 13.2 Å². The van der Waals surface area contributed by atoms with E-state index in [2.05, 4.69) is 10.6 Å². The van der Waals surface area contributed by atoms with E-state index in [9.17, 15) is 9.59 Å². The van der Waals surface area contributed by atoms with Gasteiger partial charge in [0.25, 0.3) is 0 Å². The molecule has 0 fully saturated rings. The third kappa shape index (κ3) is 3.01. The molecule has 0 spiro atoms. The van der Waals surface area contributed by atoms with Crippen LogP contribution in [0.25, 0.3) is 0 Å². The van der Waals surface area contributed by atoms with Crippen LogP contribution in [0.4, 0.5) is 4.79 Å². The molecule has 1 aliphatic heterocycles. The molecule has 1 heterocycles. The van der Waals surface area contributed by atoms with Gasteiger partial charge in [-0.1, -0.05) is 12.1 Å². The van der Waals surface area contributed by atoms with Crippen molar-refractivity contribution < 1.29 is 19.4 Å². The number of carboxylic acid groups (broad SMARTS) is 1. The van der Waals surface area contributed by atoms with Gasteiger partial charge >= 0.3 is 12.0 Å². The van der Waals surface area contributed by atoms with E-state index in [1.165, 1.54) is 0 Å². The predicted octanol–water partition coefficient (Wildman–Crippen LogP) is 1.51. The molecule has 108 valence electrons. The van der Waals surface area contributed by atoms with Gasteiger partial charge in [0.15, 0.2) is 0 Å². The van der Waals surface area contributed by atoms with Gasteiger partial charge in [0.05, 0.1) is 12.5 Å². The summed E-state index contributed by atoms with van der Waals surface area (Å²) in [5, 5.41) is 13.8. The quantitative estimate of drug-likeness (QED) is 0.779. The average molecular weight is 278 g/mol. The number of nitrogens with one attached hydrogen (secondary N) is 2. The average Bonchev–Trinajstić information content (AvgIpc) is 2.77. The fourth-order valence-electron chi connectivity index (χ4n) is 2.15. The van der Waals surface area contributed by atoms with E-state index in [0.717, 1.165) is 22.4 Å². The van der Waals surface area contributed by atoms with Crippen LogP contribution in [0.2, 0.25) is 0 Å². The van der Waals surface area contributed by atoms with Gasteiger partial charge in [0, 0.05) is 12.1 Å². The Morgan fingerprint density at radius 1 is 1.40 bits per heavy atom. The highest BCUT2D eigenvalue weighted by atomic mass is 16.5. The number of aliphatic carboxylic acids is 1. The molecule has 1 unspecified atom stereocenters. The number of carbonyl (C=O) groups is 2. The van der Waals surface area contributed by atoms with Crippen molar-refractivity contribution >= 4 is 12.0 Å². The lowest BCUT2D eigenvalue weighted by atomic mass is 10.0. The second-order valence-corrected chi connectivity index (χ2v) is 4.83. The number of urea groups is 1. The van der Waals surface area contributed by atoms with Crippen molar-refractivity contribution in [2.24, 2.45) is 0 Å². The minimum absolute atomic E-state index is 0.0938. The zero-order valence-electron chi connectivity index (χ0n) is 11.5. The van der Waals surface area contributed by atoms with Crippen LogP contribution in [0.3, 0.4) is 0 Å². The van der Waals surface area contributed by atoms with Crippen LogP contribution in [0.1, 0.15) is 29.2 Å². The number of carboxylic acids is 1. The Kier molecular flexibility index (Phi) is 4.12. The summed E-state index contributed by atoms with van der Waals surface area (Å²) in [5.74, 6) is -0.105. The van der Waals surface area contributed by atoms with Crippen LogP contribution in [-0.2, 0) is 4.79 Å². The summed E-state index contributed by atoms with van der Waals surface area (Å²) >= 11 is 0. The van der Waals surface area contributed by atoms with Gasteiger partial charge in [0.1, 0.15) is 12.4 Å². The van der Waals surface area contributed by atoms with E-state index in [1.54, 1.807) is 0 Å². The van der Waals surface area contributed by atoms with E-state index in [-0.39, 0.29) is 25.0 Å². The van der Waals surface area contributed by atoms with Crippen LogP contribution in [0, 0.1) is 13.8 Å². The predicted molar refractivity (Wildman–Crippen MR) is 72.9 cm³/mol. The van der Waals surface area contributed by atoms with Crippen molar-refractivity contribution in [2.45, 2.75) is 26.3 Å². The summed E-state index contributed by atoms with van der Waals surface area (Å²) < 4.78 is 5.63. The zero-order chi connectivity index (χ0) is 14.7. The molecule has 2 rings (SSSR count). The second kappa shape index (κ2) is 5.81. The number of amides is 2. The summed E-state index contributed by atoms with van der Waals surface area (Å²) in [6, 6.07) is 3.37. The maximum Gasteiger partial charge on any atom is 0.315 e. The molecule has 6 nitrogen and oxygen atoms in total. The van der Waals surface area contributed by atoms with Crippen LogP contribution in [-0.4, -0.2) is 30.3 Å². The molecule has 1 aromatic carbocycles. The highest BCUT2D eigenvalue weighted by Crippen LogP contribution is 2.36. The SMILES string of the molecule is Cc1ccc2c(c1C)OCC2NC(=O)NCCC(=O)O. The molecule has 1 aromatic rings. The molecule has 0 saturated carbocycles. The summed E-state index contributed by atoms with van der Waals surface area (Å²) in [7, 11) is 0. The maximum atomic E-state index is 11.7. The molecule has 6 heteroatoms. The zero-order valence-corrected chi connectivity index (χ0v) is 11.5. The van der Waals surface area contributed by atoms with E-state index < -0.39 is 5.97 Å². The lowest BCUT2D eigenvalue weighted by Crippen LogP contribution is -2.39. The number of fused-ring (bicyclic) bond motifs is 1. The number of benzene rings is 1. The molecule has 0 bridgehead atoms. The van der Waals surface area contributed by atoms with Crippen LogP contribution in [0.15, 0.2) is 12.1 Å². The summed E-state index contributed by atoms with van der Waals surface area (Å²) in [5.41, 5.74) is 3.19. The highest BCUT2D eigenvalue weighted by Gasteiger charge is 2.27. The van der Waals surface area contributed by atoms with Crippen LogP contribution >= 0.6 is 0 Å². The smallest absolute Gasteiger partial charge is 0.315 e. The molecule has 1 atom stereocenters. The largest absolute Gasteiger partial charge is 0.490 e. The monoisotopic (exact) mass is 278 g/mol. The number of hydrogen-bond acceptors (Lipinski definition) is 3. The van der Waals surface area contributed by atoms with Gasteiger partial charge in [-0.2, -0.15) is 0 Å². The van der Waals surface area contributed by atoms with E-state index in [0.29, 0.717) is 6.61 Å². The Morgan fingerprint density at radius 3 is 2.85 bits per heavy atom. The van der Waals surface area contributed by atoms with Crippen molar-refractivity contribution in [3.8, 4) is 5.75 Å². The topological polar surface area (TPSA) is 87.7 Å². The van der Waals surface area contributed by atoms with E-state index in [4.69, 9.17) is 9.84 Å². The first kappa shape index (κ1) is 14.2. The summed E-state index contributed by atoms with van der Waals surface area (Å²) in [4.78, 5) is 22.0. The van der Waals surface area contributed by atoms with Gasteiger partial charge in [-0.15, -0.1) is 0 Å². The fraction of sp³-hybridized carbons (Fsp3) is 0.429. The van der Waals surface area contributed by atoms with Gasteiger partial charge < -0.3 is 20.5 Å². The molecular weight excluding hydrogens is 260 g/mol. The molecule has 2 amide bonds. The number of rotatable bonds is 4. The lowest BCUT2D eigenvalue weighted by molar-refractivity contribution is -0.136. The lowest BCUT2D eigenvalue weighted by Gasteiger charge is -2.13. The van der Waals surface area contributed by atoms with Gasteiger partial charge in [-0.25, -0.2) is 4.79 Å². The minimum atomic E-state index is -0.939. The number of aryl methyl sites for hydroxylation is 1. The highest BCUT2D eigenvalue weighted by molar-refractivity contribution is 5.76. The summed E-state index contributed by atoms with van der Waals surface area (Å²) in [6.45, 7) is 4.50. The maximum absolute atomic E-state index is 11.7. The van der Waals surface area contributed by atoms with Crippen molar-refractivity contribution in [1.82, 2.24) is 10.6 Å². The second-order valence-electron chi connectivity index (χ2n) is 4.83. The minimum Gasteiger partial charge on any atom is -0.490 e. The van der Waals surface area contributed by atoms with Crippen LogP contribution < -0.4 is 15.4 Å². The van der Waals surface area contributed by atoms with Crippen molar-refractivity contribution in [1.29, 1.82) is 0 Å².